The summed E-state index contributed by atoms with van der Waals surface area (Å²) in [5.41, 5.74) is 3.38. The molecule has 0 unspecified atom stereocenters. The Morgan fingerprint density at radius 2 is 2.05 bits per heavy atom. The maximum Gasteiger partial charge on any atom is 0.216 e. The number of hydrogen-bond donors (Lipinski definition) is 2. The summed E-state index contributed by atoms with van der Waals surface area (Å²) in [7, 11) is 0. The van der Waals surface area contributed by atoms with Crippen molar-refractivity contribution in [1.82, 2.24) is 10.2 Å². The number of rotatable bonds is 5. The van der Waals surface area contributed by atoms with E-state index in [0.717, 1.165) is 43.6 Å². The monoisotopic (exact) mass is 304 g/mol. The van der Waals surface area contributed by atoms with Gasteiger partial charge in [-0.25, -0.2) is 0 Å². The molecule has 2 N–H and O–H groups in total. The van der Waals surface area contributed by atoms with E-state index in [2.05, 4.69) is 42.3 Å². The highest BCUT2D eigenvalue weighted by atomic mass is 16.3. The van der Waals surface area contributed by atoms with Crippen molar-refractivity contribution in [3.05, 3.63) is 34.9 Å². The van der Waals surface area contributed by atoms with Gasteiger partial charge in [-0.2, -0.15) is 0 Å². The second kappa shape index (κ2) is 7.75. The lowest BCUT2D eigenvalue weighted by atomic mass is 9.95. The maximum atomic E-state index is 11.0. The third kappa shape index (κ3) is 4.82. The van der Waals surface area contributed by atoms with Gasteiger partial charge in [-0.05, 0) is 56.8 Å². The van der Waals surface area contributed by atoms with Crippen molar-refractivity contribution in [2.24, 2.45) is 5.92 Å². The topological polar surface area (TPSA) is 52.6 Å². The fourth-order valence-corrected chi connectivity index (χ4v) is 3.12. The molecular formula is C18H28N2O2. The van der Waals surface area contributed by atoms with Crippen LogP contribution in [0, 0.1) is 19.8 Å². The lowest BCUT2D eigenvalue weighted by molar-refractivity contribution is -0.119. The molecule has 0 aliphatic carbocycles. The van der Waals surface area contributed by atoms with Crippen LogP contribution in [0.15, 0.2) is 18.2 Å². The number of piperidine rings is 1. The molecule has 22 heavy (non-hydrogen) atoms. The van der Waals surface area contributed by atoms with Crippen LogP contribution in [0.2, 0.25) is 0 Å². The molecule has 4 heteroatoms. The molecule has 4 nitrogen and oxygen atoms in total. The van der Waals surface area contributed by atoms with Crippen LogP contribution in [0.4, 0.5) is 0 Å². The van der Waals surface area contributed by atoms with Gasteiger partial charge in [0.25, 0.3) is 0 Å². The highest BCUT2D eigenvalue weighted by Crippen LogP contribution is 2.23. The second-order valence-corrected chi connectivity index (χ2v) is 6.56. The molecule has 0 radical (unpaired) electrons. The van der Waals surface area contributed by atoms with Crippen molar-refractivity contribution < 1.29 is 9.90 Å². The summed E-state index contributed by atoms with van der Waals surface area (Å²) in [5, 5.41) is 13.4. The van der Waals surface area contributed by atoms with E-state index in [-0.39, 0.29) is 5.91 Å². The SMILES string of the molecule is CC(=O)NCC1CCN(C[C@H](O)c2cc(C)ccc2C)CC1. The van der Waals surface area contributed by atoms with E-state index in [1.807, 2.05) is 0 Å². The standard InChI is InChI=1S/C18H28N2O2/c1-13-4-5-14(2)17(10-13)18(22)12-20-8-6-16(7-9-20)11-19-15(3)21/h4-5,10,16,18,22H,6-9,11-12H2,1-3H3,(H,19,21)/t18-/m0/s1. The normalized spacial score (nSPS) is 18.2. The minimum Gasteiger partial charge on any atom is -0.387 e. The van der Waals surface area contributed by atoms with Crippen LogP contribution in [0.3, 0.4) is 0 Å². The highest BCUT2D eigenvalue weighted by Gasteiger charge is 2.22. The number of aliphatic hydroxyl groups is 1. The Bertz CT molecular complexity index is 508. The summed E-state index contributed by atoms with van der Waals surface area (Å²) in [6.45, 7) is 9.13. The maximum absolute atomic E-state index is 11.0. The van der Waals surface area contributed by atoms with Gasteiger partial charge in [0.05, 0.1) is 6.10 Å². The Morgan fingerprint density at radius 3 is 2.68 bits per heavy atom. The first kappa shape index (κ1) is 17.0. The van der Waals surface area contributed by atoms with Crippen LogP contribution in [0.25, 0.3) is 0 Å². The molecule has 1 heterocycles. The lowest BCUT2D eigenvalue weighted by Gasteiger charge is -2.33. The zero-order chi connectivity index (χ0) is 16.1. The molecular weight excluding hydrogens is 276 g/mol. The largest absolute Gasteiger partial charge is 0.387 e. The van der Waals surface area contributed by atoms with Crippen molar-refractivity contribution >= 4 is 5.91 Å². The first-order chi connectivity index (χ1) is 10.5. The quantitative estimate of drug-likeness (QED) is 0.877. The Kier molecular flexibility index (Phi) is 5.98. The summed E-state index contributed by atoms with van der Waals surface area (Å²) in [4.78, 5) is 13.3. The number of carbonyl (C=O) groups is 1. The van der Waals surface area contributed by atoms with Crippen molar-refractivity contribution in [1.29, 1.82) is 0 Å². The number of carbonyl (C=O) groups excluding carboxylic acids is 1. The molecule has 1 fully saturated rings. The van der Waals surface area contributed by atoms with E-state index in [1.54, 1.807) is 6.92 Å². The third-order valence-electron chi connectivity index (χ3n) is 4.57. The fraction of sp³-hybridized carbons (Fsp3) is 0.611. The van der Waals surface area contributed by atoms with Gasteiger partial charge in [0, 0.05) is 20.0 Å². The van der Waals surface area contributed by atoms with Crippen LogP contribution in [-0.2, 0) is 4.79 Å². The molecule has 122 valence electrons. The molecule has 0 bridgehead atoms. The molecule has 1 saturated heterocycles. The molecule has 0 aromatic heterocycles. The second-order valence-electron chi connectivity index (χ2n) is 6.56. The molecule has 1 atom stereocenters. The van der Waals surface area contributed by atoms with Gasteiger partial charge >= 0.3 is 0 Å². The van der Waals surface area contributed by atoms with Crippen molar-refractivity contribution in [2.45, 2.75) is 39.7 Å². The number of amides is 1. The summed E-state index contributed by atoms with van der Waals surface area (Å²) < 4.78 is 0. The van der Waals surface area contributed by atoms with Crippen LogP contribution in [-0.4, -0.2) is 42.1 Å². The molecule has 1 aromatic rings. The predicted octanol–water partition coefficient (Wildman–Crippen LogP) is 2.18. The Labute approximate surface area is 133 Å². The summed E-state index contributed by atoms with van der Waals surface area (Å²) >= 11 is 0. The number of hydrogen-bond acceptors (Lipinski definition) is 3. The number of β-amino-alcohol motifs (C(OH)–C–C–N with tert-alkyl or cyclic N) is 1. The Morgan fingerprint density at radius 1 is 1.36 bits per heavy atom. The number of aliphatic hydroxyl groups excluding tert-OH is 1. The predicted molar refractivity (Wildman–Crippen MR) is 88.7 cm³/mol. The molecule has 2 rings (SSSR count). The smallest absolute Gasteiger partial charge is 0.216 e. The summed E-state index contributed by atoms with van der Waals surface area (Å²) in [6.07, 6.45) is 1.74. The van der Waals surface area contributed by atoms with E-state index >= 15 is 0 Å². The number of benzene rings is 1. The molecule has 1 aromatic carbocycles. The number of nitrogens with zero attached hydrogens (tertiary/aromatic N) is 1. The minimum absolute atomic E-state index is 0.0489. The van der Waals surface area contributed by atoms with Gasteiger partial charge in [0.2, 0.25) is 5.91 Å². The van der Waals surface area contributed by atoms with Crippen LogP contribution < -0.4 is 5.32 Å². The molecule has 0 saturated carbocycles. The first-order valence-electron chi connectivity index (χ1n) is 8.17. The van der Waals surface area contributed by atoms with Crippen molar-refractivity contribution in [2.75, 3.05) is 26.2 Å². The molecule has 0 spiro atoms. The van der Waals surface area contributed by atoms with E-state index in [9.17, 15) is 9.90 Å². The van der Waals surface area contributed by atoms with E-state index in [4.69, 9.17) is 0 Å². The summed E-state index contributed by atoms with van der Waals surface area (Å²) in [6, 6.07) is 6.25. The van der Waals surface area contributed by atoms with Gasteiger partial charge < -0.3 is 15.3 Å². The highest BCUT2D eigenvalue weighted by molar-refractivity contribution is 5.72. The Balaban J connectivity index is 1.82. The third-order valence-corrected chi connectivity index (χ3v) is 4.57. The van der Waals surface area contributed by atoms with Gasteiger partial charge in [-0.3, -0.25) is 4.79 Å². The number of aryl methyl sites for hydroxylation is 2. The van der Waals surface area contributed by atoms with Crippen molar-refractivity contribution in [3.63, 3.8) is 0 Å². The number of likely N-dealkylation sites (tertiary alicyclic amines) is 1. The molecule has 1 aliphatic rings. The van der Waals surface area contributed by atoms with Gasteiger partial charge in [-0.1, -0.05) is 23.8 Å². The van der Waals surface area contributed by atoms with E-state index < -0.39 is 6.10 Å². The Hall–Kier alpha value is -1.39. The summed E-state index contributed by atoms with van der Waals surface area (Å²) in [5.74, 6) is 0.616. The molecule has 1 amide bonds. The molecule has 1 aliphatic heterocycles. The van der Waals surface area contributed by atoms with E-state index in [0.29, 0.717) is 12.5 Å². The van der Waals surface area contributed by atoms with Crippen LogP contribution in [0.1, 0.15) is 42.6 Å². The lowest BCUT2D eigenvalue weighted by Crippen LogP contribution is -2.40. The van der Waals surface area contributed by atoms with Gasteiger partial charge in [-0.15, -0.1) is 0 Å². The fourth-order valence-electron chi connectivity index (χ4n) is 3.12. The van der Waals surface area contributed by atoms with E-state index in [1.165, 1.54) is 5.56 Å². The van der Waals surface area contributed by atoms with Crippen LogP contribution >= 0.6 is 0 Å². The van der Waals surface area contributed by atoms with Crippen molar-refractivity contribution in [3.8, 4) is 0 Å². The van der Waals surface area contributed by atoms with Crippen LogP contribution in [0.5, 0.6) is 0 Å². The average Bonchev–Trinajstić information content (AvgIpc) is 2.49. The number of nitrogens with one attached hydrogen (secondary N) is 1. The van der Waals surface area contributed by atoms with Gasteiger partial charge in [0.1, 0.15) is 0 Å². The average molecular weight is 304 g/mol. The zero-order valence-corrected chi connectivity index (χ0v) is 13.9. The minimum atomic E-state index is -0.424. The zero-order valence-electron chi connectivity index (χ0n) is 13.9. The first-order valence-corrected chi connectivity index (χ1v) is 8.17. The van der Waals surface area contributed by atoms with Gasteiger partial charge in [0.15, 0.2) is 0 Å².